The van der Waals surface area contributed by atoms with Gasteiger partial charge in [-0.2, -0.15) is 4.98 Å². The highest BCUT2D eigenvalue weighted by Crippen LogP contribution is 2.17. The van der Waals surface area contributed by atoms with Crippen molar-refractivity contribution in [2.45, 2.75) is 13.0 Å². The van der Waals surface area contributed by atoms with Gasteiger partial charge in [0.15, 0.2) is 17.5 Å². The molecular weight excluding hydrogens is 225 g/mol. The number of aromatic nitrogens is 5. The van der Waals surface area contributed by atoms with Gasteiger partial charge in [0.1, 0.15) is 6.33 Å². The van der Waals surface area contributed by atoms with Crippen LogP contribution in [0.2, 0.25) is 0 Å². The Bertz CT molecular complexity index is 524. The summed E-state index contributed by atoms with van der Waals surface area (Å²) >= 11 is 0. The number of nitrogens with two attached hydrogens (primary N) is 1. The summed E-state index contributed by atoms with van der Waals surface area (Å²) < 4.78 is 15.1. The van der Waals surface area contributed by atoms with E-state index in [1.807, 2.05) is 6.92 Å². The molecule has 0 fully saturated rings. The van der Waals surface area contributed by atoms with Gasteiger partial charge in [-0.15, -0.1) is 10.2 Å². The Morgan fingerprint density at radius 3 is 2.94 bits per heavy atom. The van der Waals surface area contributed by atoms with E-state index < -0.39 is 5.82 Å². The zero-order valence-electron chi connectivity index (χ0n) is 9.42. The van der Waals surface area contributed by atoms with Crippen LogP contribution in [0.3, 0.4) is 0 Å². The lowest BCUT2D eigenvalue weighted by Crippen LogP contribution is -2.14. The van der Waals surface area contributed by atoms with Crippen LogP contribution in [0.1, 0.15) is 18.8 Å². The number of anilines is 2. The molecule has 0 saturated carbocycles. The maximum Gasteiger partial charge on any atom is 0.222 e. The highest BCUT2D eigenvalue weighted by atomic mass is 19.1. The minimum absolute atomic E-state index is 0.0130. The minimum Gasteiger partial charge on any atom is -0.368 e. The van der Waals surface area contributed by atoms with Crippen molar-refractivity contribution < 1.29 is 4.39 Å². The van der Waals surface area contributed by atoms with Crippen LogP contribution in [0.5, 0.6) is 0 Å². The molecule has 2 aromatic heterocycles. The maximum atomic E-state index is 13.4. The fraction of sp³-hybridized carbons (Fsp3) is 0.333. The summed E-state index contributed by atoms with van der Waals surface area (Å²) in [5.74, 6) is 0.168. The minimum atomic E-state index is -0.562. The number of hydrogen-bond donors (Lipinski definition) is 2. The van der Waals surface area contributed by atoms with E-state index in [0.717, 1.165) is 6.20 Å². The third-order valence-electron chi connectivity index (χ3n) is 2.25. The number of hydrogen-bond acceptors (Lipinski definition) is 6. The summed E-state index contributed by atoms with van der Waals surface area (Å²) in [6.07, 6.45) is 2.59. The van der Waals surface area contributed by atoms with Crippen LogP contribution in [0.4, 0.5) is 16.2 Å². The van der Waals surface area contributed by atoms with E-state index in [9.17, 15) is 4.39 Å². The second kappa shape index (κ2) is 4.32. The van der Waals surface area contributed by atoms with E-state index in [0.29, 0.717) is 5.82 Å². The van der Waals surface area contributed by atoms with Crippen molar-refractivity contribution in [1.29, 1.82) is 0 Å². The average Bonchev–Trinajstić information content (AvgIpc) is 2.70. The lowest BCUT2D eigenvalue weighted by Gasteiger charge is -2.13. The molecule has 0 aliphatic rings. The SMILES string of the molecule is CC(Nc1nc(N)ncc1F)c1nncn1C. The molecule has 0 aromatic carbocycles. The molecule has 17 heavy (non-hydrogen) atoms. The van der Waals surface area contributed by atoms with Crippen molar-refractivity contribution in [3.63, 3.8) is 0 Å². The summed E-state index contributed by atoms with van der Waals surface area (Å²) in [7, 11) is 1.80. The Morgan fingerprint density at radius 2 is 2.29 bits per heavy atom. The Balaban J connectivity index is 2.21. The first kappa shape index (κ1) is 11.2. The van der Waals surface area contributed by atoms with E-state index in [4.69, 9.17) is 5.73 Å². The molecule has 8 heteroatoms. The molecule has 0 spiro atoms. The number of nitrogen functional groups attached to an aromatic ring is 1. The first-order chi connectivity index (χ1) is 8.08. The standard InChI is InChI=1S/C9H12FN7/c1-5(8-16-13-4-17(8)2)14-7-6(10)3-12-9(11)15-7/h3-5H,1-2H3,(H3,11,12,14,15). The van der Waals surface area contributed by atoms with Crippen molar-refractivity contribution in [3.8, 4) is 0 Å². The molecule has 2 heterocycles. The zero-order valence-corrected chi connectivity index (χ0v) is 9.42. The summed E-state index contributed by atoms with van der Waals surface area (Å²) in [5, 5.41) is 10.5. The monoisotopic (exact) mass is 237 g/mol. The third kappa shape index (κ3) is 2.30. The lowest BCUT2D eigenvalue weighted by molar-refractivity contribution is 0.611. The average molecular weight is 237 g/mol. The maximum absolute atomic E-state index is 13.4. The van der Waals surface area contributed by atoms with Crippen molar-refractivity contribution in [2.75, 3.05) is 11.1 Å². The summed E-state index contributed by atoms with van der Waals surface area (Å²) in [4.78, 5) is 7.32. The molecular formula is C9H12FN7. The second-order valence-corrected chi connectivity index (χ2v) is 3.59. The van der Waals surface area contributed by atoms with E-state index >= 15 is 0 Å². The predicted molar refractivity (Wildman–Crippen MR) is 59.4 cm³/mol. The first-order valence-corrected chi connectivity index (χ1v) is 4.96. The van der Waals surface area contributed by atoms with Gasteiger partial charge >= 0.3 is 0 Å². The molecule has 0 amide bonds. The number of aryl methyl sites for hydroxylation is 1. The van der Waals surface area contributed by atoms with E-state index in [1.54, 1.807) is 17.9 Å². The van der Waals surface area contributed by atoms with Gasteiger partial charge in [-0.3, -0.25) is 0 Å². The molecule has 0 aliphatic heterocycles. The van der Waals surface area contributed by atoms with Gasteiger partial charge in [0.25, 0.3) is 0 Å². The quantitative estimate of drug-likeness (QED) is 0.807. The van der Waals surface area contributed by atoms with Crippen molar-refractivity contribution in [1.82, 2.24) is 24.7 Å². The van der Waals surface area contributed by atoms with Crippen molar-refractivity contribution >= 4 is 11.8 Å². The van der Waals surface area contributed by atoms with E-state index in [2.05, 4.69) is 25.5 Å². The van der Waals surface area contributed by atoms with E-state index in [-0.39, 0.29) is 17.8 Å². The van der Waals surface area contributed by atoms with Crippen LogP contribution in [-0.4, -0.2) is 24.7 Å². The molecule has 1 atom stereocenters. The molecule has 2 rings (SSSR count). The second-order valence-electron chi connectivity index (χ2n) is 3.59. The van der Waals surface area contributed by atoms with Crippen molar-refractivity contribution in [3.05, 3.63) is 24.2 Å². The highest BCUT2D eigenvalue weighted by molar-refractivity contribution is 5.40. The number of nitrogens with zero attached hydrogens (tertiary/aromatic N) is 5. The fourth-order valence-corrected chi connectivity index (χ4v) is 1.44. The third-order valence-corrected chi connectivity index (χ3v) is 2.25. The molecule has 0 saturated heterocycles. The van der Waals surface area contributed by atoms with Gasteiger partial charge in [-0.1, -0.05) is 0 Å². The van der Waals surface area contributed by atoms with Crippen LogP contribution in [0.15, 0.2) is 12.5 Å². The van der Waals surface area contributed by atoms with Crippen LogP contribution in [-0.2, 0) is 7.05 Å². The molecule has 90 valence electrons. The molecule has 7 nitrogen and oxygen atoms in total. The van der Waals surface area contributed by atoms with Crippen LogP contribution in [0.25, 0.3) is 0 Å². The predicted octanol–water partition coefficient (Wildman–Crippen LogP) is 0.499. The van der Waals surface area contributed by atoms with Crippen LogP contribution >= 0.6 is 0 Å². The topological polar surface area (TPSA) is 94.5 Å². The Labute approximate surface area is 96.9 Å². The van der Waals surface area contributed by atoms with E-state index in [1.165, 1.54) is 0 Å². The Kier molecular flexibility index (Phi) is 2.86. The Morgan fingerprint density at radius 1 is 1.53 bits per heavy atom. The largest absolute Gasteiger partial charge is 0.368 e. The molecule has 0 radical (unpaired) electrons. The normalized spacial score (nSPS) is 12.4. The molecule has 1 unspecified atom stereocenters. The summed E-state index contributed by atoms with van der Waals surface area (Å²) in [6, 6.07) is -0.244. The summed E-state index contributed by atoms with van der Waals surface area (Å²) in [6.45, 7) is 1.82. The highest BCUT2D eigenvalue weighted by Gasteiger charge is 2.14. The first-order valence-electron chi connectivity index (χ1n) is 4.96. The van der Waals surface area contributed by atoms with Gasteiger partial charge in [0, 0.05) is 7.05 Å². The van der Waals surface area contributed by atoms with Crippen molar-refractivity contribution in [2.24, 2.45) is 7.05 Å². The number of rotatable bonds is 3. The molecule has 2 aromatic rings. The molecule has 0 bridgehead atoms. The lowest BCUT2D eigenvalue weighted by atomic mass is 10.3. The van der Waals surface area contributed by atoms with Gasteiger partial charge in [-0.25, -0.2) is 9.37 Å². The van der Waals surface area contributed by atoms with Gasteiger partial charge < -0.3 is 15.6 Å². The van der Waals surface area contributed by atoms with Gasteiger partial charge in [0.05, 0.1) is 12.2 Å². The fourth-order valence-electron chi connectivity index (χ4n) is 1.44. The van der Waals surface area contributed by atoms with Gasteiger partial charge in [-0.05, 0) is 6.92 Å². The Hall–Kier alpha value is -2.25. The smallest absolute Gasteiger partial charge is 0.222 e. The zero-order chi connectivity index (χ0) is 12.4. The van der Waals surface area contributed by atoms with Gasteiger partial charge in [0.2, 0.25) is 5.95 Å². The van der Waals surface area contributed by atoms with Crippen LogP contribution < -0.4 is 11.1 Å². The molecule has 3 N–H and O–H groups in total. The molecule has 0 aliphatic carbocycles. The number of nitrogens with one attached hydrogen (secondary N) is 1. The number of halogens is 1. The van der Waals surface area contributed by atoms with Crippen LogP contribution in [0, 0.1) is 5.82 Å². The summed E-state index contributed by atoms with van der Waals surface area (Å²) in [5.41, 5.74) is 5.39.